The number of likely N-dealkylation sites (tertiary alicyclic amines) is 2. The quantitative estimate of drug-likeness (QED) is 0.306. The summed E-state index contributed by atoms with van der Waals surface area (Å²) in [6.07, 6.45) is 7.59. The standard InChI is InChI=1S/C19H29N5O2/c1-2-23-8-3-4-14(23)11-22-19(20)21-7-9-24-17(25)15-12-5-6-13(10-12)16(15)18(24)26/h5-6,12-16H,2-4,7-11H2,1H3,(H3,20,21,22). The van der Waals surface area contributed by atoms with Crippen LogP contribution in [0.15, 0.2) is 17.1 Å². The van der Waals surface area contributed by atoms with Crippen molar-refractivity contribution in [1.82, 2.24) is 15.1 Å². The lowest BCUT2D eigenvalue weighted by atomic mass is 9.85. The summed E-state index contributed by atoms with van der Waals surface area (Å²) < 4.78 is 0. The van der Waals surface area contributed by atoms with Gasteiger partial charge in [0.15, 0.2) is 5.96 Å². The fraction of sp³-hybridized carbons (Fsp3) is 0.737. The molecule has 3 N–H and O–H groups in total. The molecule has 0 radical (unpaired) electrons. The van der Waals surface area contributed by atoms with Gasteiger partial charge in [-0.15, -0.1) is 0 Å². The Bertz CT molecular complexity index is 616. The molecule has 5 unspecified atom stereocenters. The highest BCUT2D eigenvalue weighted by molar-refractivity contribution is 6.06. The second-order valence-electron chi connectivity index (χ2n) is 7.91. The smallest absolute Gasteiger partial charge is 0.233 e. The van der Waals surface area contributed by atoms with Crippen molar-refractivity contribution in [3.63, 3.8) is 0 Å². The third-order valence-electron chi connectivity index (χ3n) is 6.58. The number of allylic oxidation sites excluding steroid dienone is 2. The van der Waals surface area contributed by atoms with Gasteiger partial charge in [-0.2, -0.15) is 0 Å². The molecule has 2 amide bonds. The summed E-state index contributed by atoms with van der Waals surface area (Å²) in [7, 11) is 0. The summed E-state index contributed by atoms with van der Waals surface area (Å²) in [4.78, 5) is 33.5. The first kappa shape index (κ1) is 17.5. The second-order valence-corrected chi connectivity index (χ2v) is 7.91. The van der Waals surface area contributed by atoms with E-state index in [2.05, 4.69) is 34.3 Å². The molecule has 2 aliphatic carbocycles. The van der Waals surface area contributed by atoms with Crippen LogP contribution >= 0.6 is 0 Å². The van der Waals surface area contributed by atoms with Crippen molar-refractivity contribution in [1.29, 1.82) is 0 Å². The summed E-state index contributed by atoms with van der Waals surface area (Å²) in [6.45, 7) is 5.88. The minimum absolute atomic E-state index is 0.00120. The molecule has 2 saturated heterocycles. The molecule has 0 spiro atoms. The molecule has 4 aliphatic rings. The van der Waals surface area contributed by atoms with Crippen LogP contribution in [0.5, 0.6) is 0 Å². The number of likely N-dealkylation sites (N-methyl/N-ethyl adjacent to an activating group) is 1. The summed E-state index contributed by atoms with van der Waals surface area (Å²) in [5, 5.41) is 3.06. The number of carbonyl (C=O) groups is 2. The molecular formula is C19H29N5O2. The molecule has 7 nitrogen and oxygen atoms in total. The predicted molar refractivity (Wildman–Crippen MR) is 99.2 cm³/mol. The van der Waals surface area contributed by atoms with E-state index in [-0.39, 0.29) is 35.5 Å². The number of carbonyl (C=O) groups excluding carboxylic acids is 2. The second kappa shape index (κ2) is 7.02. The highest BCUT2D eigenvalue weighted by Gasteiger charge is 2.58. The lowest BCUT2D eigenvalue weighted by Crippen LogP contribution is -2.42. The molecule has 0 aromatic carbocycles. The number of guanidine groups is 1. The highest BCUT2D eigenvalue weighted by Crippen LogP contribution is 2.52. The zero-order chi connectivity index (χ0) is 18.3. The van der Waals surface area contributed by atoms with E-state index < -0.39 is 0 Å². The number of rotatable bonds is 6. The topological polar surface area (TPSA) is 91.0 Å². The first-order chi connectivity index (χ1) is 12.6. The lowest BCUT2D eigenvalue weighted by molar-refractivity contribution is -0.140. The number of nitrogens with two attached hydrogens (primary N) is 1. The van der Waals surface area contributed by atoms with Gasteiger partial charge in [-0.1, -0.05) is 19.1 Å². The predicted octanol–water partition coefficient (Wildman–Crippen LogP) is 0.182. The van der Waals surface area contributed by atoms with Crippen LogP contribution in [0.4, 0.5) is 0 Å². The Morgan fingerprint density at radius 2 is 1.96 bits per heavy atom. The molecule has 1 saturated carbocycles. The molecule has 2 bridgehead atoms. The van der Waals surface area contributed by atoms with Crippen molar-refractivity contribution in [2.24, 2.45) is 34.4 Å². The Labute approximate surface area is 154 Å². The monoisotopic (exact) mass is 359 g/mol. The molecule has 5 atom stereocenters. The van der Waals surface area contributed by atoms with Gasteiger partial charge in [-0.05, 0) is 44.2 Å². The Morgan fingerprint density at radius 3 is 2.62 bits per heavy atom. The van der Waals surface area contributed by atoms with E-state index in [1.807, 2.05) is 0 Å². The number of amides is 2. The molecule has 4 rings (SSSR count). The number of imide groups is 1. The molecule has 0 aromatic rings. The van der Waals surface area contributed by atoms with Crippen molar-refractivity contribution in [3.8, 4) is 0 Å². The zero-order valence-corrected chi connectivity index (χ0v) is 15.4. The first-order valence-electron chi connectivity index (χ1n) is 9.91. The van der Waals surface area contributed by atoms with Gasteiger partial charge in [0.05, 0.1) is 18.4 Å². The van der Waals surface area contributed by atoms with Gasteiger partial charge < -0.3 is 11.1 Å². The Hall–Kier alpha value is -1.89. The van der Waals surface area contributed by atoms with Gasteiger partial charge in [0.1, 0.15) is 0 Å². The van der Waals surface area contributed by atoms with E-state index in [0.717, 1.165) is 19.5 Å². The SMILES string of the molecule is CCN1CCCC1CN=C(N)NCCN1C(=O)C2C3C=CC(C3)C2C1=O. The third kappa shape index (κ3) is 2.92. The Balaban J connectivity index is 1.25. The molecule has 3 fully saturated rings. The summed E-state index contributed by atoms with van der Waals surface area (Å²) >= 11 is 0. The first-order valence-corrected chi connectivity index (χ1v) is 9.91. The lowest BCUT2D eigenvalue weighted by Gasteiger charge is -2.21. The van der Waals surface area contributed by atoms with Crippen LogP contribution in [-0.2, 0) is 9.59 Å². The molecule has 142 valence electrons. The number of nitrogens with one attached hydrogen (secondary N) is 1. The maximum absolute atomic E-state index is 12.6. The van der Waals surface area contributed by atoms with Crippen LogP contribution in [-0.4, -0.2) is 66.3 Å². The van der Waals surface area contributed by atoms with Crippen molar-refractivity contribution >= 4 is 17.8 Å². The van der Waals surface area contributed by atoms with Crippen molar-refractivity contribution < 1.29 is 9.59 Å². The number of hydrogen-bond acceptors (Lipinski definition) is 4. The van der Waals surface area contributed by atoms with E-state index in [1.54, 1.807) is 0 Å². The van der Waals surface area contributed by atoms with Crippen LogP contribution < -0.4 is 11.1 Å². The fourth-order valence-corrected chi connectivity index (χ4v) is 5.26. The zero-order valence-electron chi connectivity index (χ0n) is 15.4. The molecule has 0 aromatic heterocycles. The van der Waals surface area contributed by atoms with E-state index in [0.29, 0.717) is 31.6 Å². The molecule has 2 heterocycles. The van der Waals surface area contributed by atoms with Crippen molar-refractivity contribution in [2.45, 2.75) is 32.2 Å². The van der Waals surface area contributed by atoms with Gasteiger partial charge in [-0.3, -0.25) is 24.4 Å². The average Bonchev–Trinajstić information content (AvgIpc) is 3.39. The van der Waals surface area contributed by atoms with Crippen LogP contribution in [0.2, 0.25) is 0 Å². The fourth-order valence-electron chi connectivity index (χ4n) is 5.26. The maximum Gasteiger partial charge on any atom is 0.233 e. The summed E-state index contributed by atoms with van der Waals surface area (Å²) in [5.41, 5.74) is 5.96. The molecule has 26 heavy (non-hydrogen) atoms. The van der Waals surface area contributed by atoms with Crippen LogP contribution in [0.25, 0.3) is 0 Å². The van der Waals surface area contributed by atoms with E-state index >= 15 is 0 Å². The van der Waals surface area contributed by atoms with Gasteiger partial charge in [0.2, 0.25) is 11.8 Å². The minimum Gasteiger partial charge on any atom is -0.370 e. The van der Waals surface area contributed by atoms with Crippen LogP contribution in [0.1, 0.15) is 26.2 Å². The number of hydrogen-bond donors (Lipinski definition) is 2. The van der Waals surface area contributed by atoms with Gasteiger partial charge in [0.25, 0.3) is 0 Å². The molecule has 2 aliphatic heterocycles. The van der Waals surface area contributed by atoms with Gasteiger partial charge >= 0.3 is 0 Å². The third-order valence-corrected chi connectivity index (χ3v) is 6.58. The molecule has 7 heteroatoms. The van der Waals surface area contributed by atoms with Crippen LogP contribution in [0.3, 0.4) is 0 Å². The minimum atomic E-state index is -0.120. The highest BCUT2D eigenvalue weighted by atomic mass is 16.2. The van der Waals surface area contributed by atoms with Crippen LogP contribution in [0, 0.1) is 23.7 Å². The number of fused-ring (bicyclic) bond motifs is 5. The van der Waals surface area contributed by atoms with Crippen molar-refractivity contribution in [3.05, 3.63) is 12.2 Å². The largest absolute Gasteiger partial charge is 0.370 e. The average molecular weight is 359 g/mol. The van der Waals surface area contributed by atoms with Crippen molar-refractivity contribution in [2.75, 3.05) is 32.7 Å². The Morgan fingerprint density at radius 1 is 1.27 bits per heavy atom. The van der Waals surface area contributed by atoms with E-state index in [4.69, 9.17) is 5.73 Å². The number of aliphatic imine (C=N–C) groups is 1. The normalized spacial score (nSPS) is 36.4. The van der Waals surface area contributed by atoms with Gasteiger partial charge in [0, 0.05) is 19.1 Å². The van der Waals surface area contributed by atoms with E-state index in [9.17, 15) is 9.59 Å². The summed E-state index contributed by atoms with van der Waals surface area (Å²) in [5.74, 6) is 0.682. The summed E-state index contributed by atoms with van der Waals surface area (Å²) in [6, 6.07) is 0.476. The molecular weight excluding hydrogens is 330 g/mol. The number of nitrogens with zero attached hydrogens (tertiary/aromatic N) is 3. The van der Waals surface area contributed by atoms with E-state index in [1.165, 1.54) is 17.7 Å². The Kier molecular flexibility index (Phi) is 4.73. The maximum atomic E-state index is 12.6. The van der Waals surface area contributed by atoms with Gasteiger partial charge in [-0.25, -0.2) is 0 Å².